The van der Waals surface area contributed by atoms with Gasteiger partial charge in [0.2, 0.25) is 0 Å². The molecule has 1 rings (SSSR count). The Hall–Kier alpha value is -1.79. The van der Waals surface area contributed by atoms with Gasteiger partial charge >= 0.3 is 11.8 Å². The number of likely N-dealkylation sites (N-methyl/N-ethyl adjacent to an activating group) is 1. The molecule has 0 spiro atoms. The average molecular weight is 332 g/mol. The number of carbonyl (C=O) groups is 2. The summed E-state index contributed by atoms with van der Waals surface area (Å²) in [6.07, 6.45) is 2.16. The molecule has 0 fully saturated rings. The first-order valence-corrected chi connectivity index (χ1v) is 6.92. The zero-order valence-corrected chi connectivity index (χ0v) is 13.1. The average Bonchev–Trinajstić information content (AvgIpc) is 2.45. The molecule has 1 aromatic carbocycles. The Morgan fingerprint density at radius 1 is 1.29 bits per heavy atom. The Morgan fingerprint density at radius 2 is 1.90 bits per heavy atom. The van der Waals surface area contributed by atoms with Gasteiger partial charge in [-0.3, -0.25) is 9.59 Å². The molecule has 2 N–H and O–H groups in total. The molecule has 6 nitrogen and oxygen atoms in total. The third-order valence-electron chi connectivity index (χ3n) is 2.28. The molecule has 114 valence electrons. The van der Waals surface area contributed by atoms with Crippen LogP contribution in [0.5, 0.6) is 5.75 Å². The van der Waals surface area contributed by atoms with Crippen LogP contribution < -0.4 is 15.5 Å². The van der Waals surface area contributed by atoms with Crippen molar-refractivity contribution in [3.05, 3.63) is 27.7 Å². The van der Waals surface area contributed by atoms with Crippen molar-refractivity contribution >= 4 is 41.2 Å². The van der Waals surface area contributed by atoms with E-state index in [0.717, 1.165) is 6.42 Å². The van der Waals surface area contributed by atoms with E-state index in [4.69, 9.17) is 27.9 Å². The van der Waals surface area contributed by atoms with Gasteiger partial charge in [0.15, 0.2) is 5.75 Å². The third-order valence-corrected chi connectivity index (χ3v) is 2.85. The van der Waals surface area contributed by atoms with Gasteiger partial charge < -0.3 is 10.1 Å². The zero-order chi connectivity index (χ0) is 15.8. The Labute approximate surface area is 132 Å². The van der Waals surface area contributed by atoms with Gasteiger partial charge in [-0.25, -0.2) is 5.43 Å². The normalized spacial score (nSPS) is 10.5. The lowest BCUT2D eigenvalue weighted by molar-refractivity contribution is -0.138. The number of amides is 2. The van der Waals surface area contributed by atoms with Crippen LogP contribution in [0.25, 0.3) is 0 Å². The Kier molecular flexibility index (Phi) is 6.98. The summed E-state index contributed by atoms with van der Waals surface area (Å²) in [5.41, 5.74) is 2.63. The Morgan fingerprint density at radius 3 is 2.43 bits per heavy atom. The maximum atomic E-state index is 11.2. The molecular weight excluding hydrogens is 317 g/mol. The van der Waals surface area contributed by atoms with Gasteiger partial charge in [0.1, 0.15) is 0 Å². The summed E-state index contributed by atoms with van der Waals surface area (Å²) in [6, 6.07) is 3.18. The van der Waals surface area contributed by atoms with Crippen LogP contribution in [0.1, 0.15) is 18.9 Å². The predicted octanol–water partition coefficient (Wildman–Crippen LogP) is 1.98. The monoisotopic (exact) mass is 331 g/mol. The number of hydrogen-bond acceptors (Lipinski definition) is 4. The van der Waals surface area contributed by atoms with Crippen molar-refractivity contribution in [1.29, 1.82) is 0 Å². The first kappa shape index (κ1) is 17.3. The molecule has 0 bridgehead atoms. The maximum absolute atomic E-state index is 11.2. The molecule has 0 atom stereocenters. The minimum absolute atomic E-state index is 0.343. The van der Waals surface area contributed by atoms with Crippen LogP contribution in [0, 0.1) is 0 Å². The summed E-state index contributed by atoms with van der Waals surface area (Å²) < 4.78 is 5.43. The summed E-state index contributed by atoms with van der Waals surface area (Å²) >= 11 is 12.1. The number of carbonyl (C=O) groups excluding carboxylic acids is 2. The van der Waals surface area contributed by atoms with Crippen molar-refractivity contribution in [2.24, 2.45) is 5.10 Å². The third kappa shape index (κ3) is 5.24. The van der Waals surface area contributed by atoms with Crippen molar-refractivity contribution < 1.29 is 14.3 Å². The lowest BCUT2D eigenvalue weighted by Gasteiger charge is -2.09. The number of hydrazone groups is 1. The van der Waals surface area contributed by atoms with E-state index in [1.807, 2.05) is 6.92 Å². The molecule has 0 aliphatic rings. The summed E-state index contributed by atoms with van der Waals surface area (Å²) in [4.78, 5) is 22.1. The van der Waals surface area contributed by atoms with Gasteiger partial charge in [-0.15, -0.1) is 0 Å². The zero-order valence-electron chi connectivity index (χ0n) is 11.6. The first-order chi connectivity index (χ1) is 9.99. The van der Waals surface area contributed by atoms with Gasteiger partial charge in [0.05, 0.1) is 22.9 Å². The topological polar surface area (TPSA) is 79.8 Å². The molecule has 0 heterocycles. The van der Waals surface area contributed by atoms with E-state index in [1.54, 1.807) is 12.1 Å². The van der Waals surface area contributed by atoms with Crippen molar-refractivity contribution in [1.82, 2.24) is 10.7 Å². The second-order valence-electron chi connectivity index (χ2n) is 3.94. The SMILES string of the molecule is CCCOc1c(Cl)cc(/C=N\NC(=O)C(=O)NC)cc1Cl. The number of benzene rings is 1. The van der Waals surface area contributed by atoms with E-state index in [0.29, 0.717) is 28.0 Å². The van der Waals surface area contributed by atoms with Crippen LogP contribution in [0.3, 0.4) is 0 Å². The number of rotatable bonds is 5. The number of ether oxygens (including phenoxy) is 1. The van der Waals surface area contributed by atoms with Gasteiger partial charge in [0.25, 0.3) is 0 Å². The first-order valence-electron chi connectivity index (χ1n) is 6.16. The fourth-order valence-corrected chi connectivity index (χ4v) is 1.94. The van der Waals surface area contributed by atoms with Gasteiger partial charge in [-0.2, -0.15) is 5.10 Å². The molecule has 0 aliphatic heterocycles. The molecule has 0 unspecified atom stereocenters. The van der Waals surface area contributed by atoms with E-state index in [2.05, 4.69) is 15.8 Å². The Balaban J connectivity index is 2.77. The van der Waals surface area contributed by atoms with E-state index >= 15 is 0 Å². The fourth-order valence-electron chi connectivity index (χ4n) is 1.33. The minimum atomic E-state index is -0.867. The van der Waals surface area contributed by atoms with Crippen LogP contribution in [-0.2, 0) is 9.59 Å². The summed E-state index contributed by atoms with van der Waals surface area (Å²) in [5, 5.41) is 6.50. The summed E-state index contributed by atoms with van der Waals surface area (Å²) in [5.74, 6) is -1.24. The summed E-state index contributed by atoms with van der Waals surface area (Å²) in [7, 11) is 1.35. The highest BCUT2D eigenvalue weighted by atomic mass is 35.5. The van der Waals surface area contributed by atoms with Gasteiger partial charge in [-0.05, 0) is 24.1 Å². The van der Waals surface area contributed by atoms with Gasteiger partial charge in [-0.1, -0.05) is 30.1 Å². The molecule has 0 saturated carbocycles. The highest BCUT2D eigenvalue weighted by Crippen LogP contribution is 2.33. The Bertz CT molecular complexity index is 539. The number of hydrogen-bond donors (Lipinski definition) is 2. The summed E-state index contributed by atoms with van der Waals surface area (Å²) in [6.45, 7) is 2.48. The minimum Gasteiger partial charge on any atom is -0.490 e. The van der Waals surface area contributed by atoms with Crippen LogP contribution in [0.4, 0.5) is 0 Å². The number of nitrogens with zero attached hydrogens (tertiary/aromatic N) is 1. The molecule has 0 saturated heterocycles. The largest absolute Gasteiger partial charge is 0.490 e. The molecule has 0 aromatic heterocycles. The molecule has 0 aliphatic carbocycles. The van der Waals surface area contributed by atoms with Crippen LogP contribution in [-0.4, -0.2) is 31.7 Å². The highest BCUT2D eigenvalue weighted by Gasteiger charge is 2.10. The van der Waals surface area contributed by atoms with Gasteiger partial charge in [0, 0.05) is 7.05 Å². The van der Waals surface area contributed by atoms with E-state index in [9.17, 15) is 9.59 Å². The number of halogens is 2. The second-order valence-corrected chi connectivity index (χ2v) is 4.75. The molecule has 0 radical (unpaired) electrons. The lowest BCUT2D eigenvalue weighted by atomic mass is 10.2. The van der Waals surface area contributed by atoms with Crippen LogP contribution in [0.15, 0.2) is 17.2 Å². The van der Waals surface area contributed by atoms with E-state index < -0.39 is 11.8 Å². The highest BCUT2D eigenvalue weighted by molar-refractivity contribution is 6.37. The lowest BCUT2D eigenvalue weighted by Crippen LogP contribution is -2.35. The van der Waals surface area contributed by atoms with Crippen molar-refractivity contribution in [3.63, 3.8) is 0 Å². The molecule has 8 heteroatoms. The number of nitrogens with one attached hydrogen (secondary N) is 2. The van der Waals surface area contributed by atoms with E-state index in [-0.39, 0.29) is 0 Å². The molecule has 21 heavy (non-hydrogen) atoms. The quantitative estimate of drug-likeness (QED) is 0.492. The second kappa shape index (κ2) is 8.49. The molecular formula is C13H15Cl2N3O3. The van der Waals surface area contributed by atoms with Crippen molar-refractivity contribution in [3.8, 4) is 5.75 Å². The maximum Gasteiger partial charge on any atom is 0.329 e. The van der Waals surface area contributed by atoms with Crippen molar-refractivity contribution in [2.45, 2.75) is 13.3 Å². The fraction of sp³-hybridized carbons (Fsp3) is 0.308. The van der Waals surface area contributed by atoms with Crippen LogP contribution >= 0.6 is 23.2 Å². The van der Waals surface area contributed by atoms with Crippen LogP contribution in [0.2, 0.25) is 10.0 Å². The molecule has 2 amide bonds. The smallest absolute Gasteiger partial charge is 0.329 e. The standard InChI is InChI=1S/C13H15Cl2N3O3/c1-3-4-21-11-9(14)5-8(6-10(11)15)7-17-18-13(20)12(19)16-2/h5-7H,3-4H2,1-2H3,(H,16,19)(H,18,20)/b17-7-. The predicted molar refractivity (Wildman–Crippen MR) is 82.1 cm³/mol. The molecule has 1 aromatic rings. The van der Waals surface area contributed by atoms with Crippen molar-refractivity contribution in [2.75, 3.05) is 13.7 Å². The van der Waals surface area contributed by atoms with E-state index in [1.165, 1.54) is 13.3 Å².